The lowest BCUT2D eigenvalue weighted by molar-refractivity contribution is -0.159. The summed E-state index contributed by atoms with van der Waals surface area (Å²) < 4.78 is 28.3. The second-order valence-corrected chi connectivity index (χ2v) is 16.1. The highest BCUT2D eigenvalue weighted by Gasteiger charge is 2.55. The summed E-state index contributed by atoms with van der Waals surface area (Å²) >= 11 is 3.07. The van der Waals surface area contributed by atoms with Crippen molar-refractivity contribution < 1.29 is 42.9 Å². The molecule has 13 nitrogen and oxygen atoms in total. The smallest absolute Gasteiger partial charge is 0.355 e. The molecule has 15 heteroatoms. The van der Waals surface area contributed by atoms with Gasteiger partial charge in [-0.3, -0.25) is 24.2 Å². The number of esters is 2. The van der Waals surface area contributed by atoms with Crippen molar-refractivity contribution in [3.8, 4) is 22.8 Å². The molecule has 7 rings (SSSR count). The number of ether oxygens (including phenoxy) is 5. The number of aromatic nitrogens is 1. The molecule has 51 heavy (non-hydrogen) atoms. The van der Waals surface area contributed by atoms with Gasteiger partial charge in [0, 0.05) is 45.4 Å². The number of hydrogen-bond acceptors (Lipinski definition) is 12. The fraction of sp³-hybridized carbons (Fsp3) is 0.444. The van der Waals surface area contributed by atoms with Gasteiger partial charge in [-0.15, -0.1) is 23.5 Å². The summed E-state index contributed by atoms with van der Waals surface area (Å²) in [5.74, 6) is 0.317. The number of hydrogen-bond donors (Lipinski definition) is 2. The predicted octanol–water partition coefficient (Wildman–Crippen LogP) is 4.04. The van der Waals surface area contributed by atoms with Gasteiger partial charge in [0.1, 0.15) is 59.8 Å². The third-order valence-electron chi connectivity index (χ3n) is 8.73. The number of carbonyl (C=O) groups is 4. The zero-order chi connectivity index (χ0) is 36.2. The van der Waals surface area contributed by atoms with E-state index in [1.807, 2.05) is 49.3 Å². The van der Waals surface area contributed by atoms with Crippen molar-refractivity contribution in [2.24, 2.45) is 0 Å². The average molecular weight is 737 g/mol. The first-order chi connectivity index (χ1) is 24.3. The van der Waals surface area contributed by atoms with E-state index in [0.717, 1.165) is 38.6 Å². The quantitative estimate of drug-likeness (QED) is 0.166. The standard InChI is InChI=1S/C36H40N4O9S2/c1-18(41)45-13-19-16-51-34-30(32(43)40(34)31(19)35(44)49-36(2,3)4)38-28(42)15-47-21-7-9-22-27(12-21)50-17-24-23-11-20(8-10-25(23)37-29(22)24)46-14-26-33(48-26)39(5)6/h7-12,26,30,33-34,37H,13-17H2,1-6H3,(H,38,42). The molecule has 270 valence electrons. The molecule has 0 aliphatic carbocycles. The number of amides is 2. The van der Waals surface area contributed by atoms with Gasteiger partial charge in [-0.05, 0) is 76.8 Å². The number of likely N-dealkylation sites (N-methyl/N-ethyl adjacent to an activating group) is 1. The zero-order valence-corrected chi connectivity index (χ0v) is 30.8. The molecule has 2 fully saturated rings. The van der Waals surface area contributed by atoms with Gasteiger partial charge in [-0.1, -0.05) is 0 Å². The molecule has 0 spiro atoms. The largest absolute Gasteiger partial charge is 0.491 e. The number of nitrogens with one attached hydrogen (secondary N) is 2. The fourth-order valence-corrected chi connectivity index (χ4v) is 8.77. The van der Waals surface area contributed by atoms with Gasteiger partial charge in [-0.2, -0.15) is 0 Å². The van der Waals surface area contributed by atoms with Crippen LogP contribution in [0.25, 0.3) is 22.2 Å². The van der Waals surface area contributed by atoms with Crippen LogP contribution in [-0.4, -0.2) is 108 Å². The van der Waals surface area contributed by atoms with Crippen molar-refractivity contribution in [3.63, 3.8) is 0 Å². The second-order valence-electron chi connectivity index (χ2n) is 14.0. The van der Waals surface area contributed by atoms with E-state index >= 15 is 0 Å². The molecular weight excluding hydrogens is 697 g/mol. The number of thioether (sulfide) groups is 2. The van der Waals surface area contributed by atoms with Gasteiger partial charge in [0.05, 0.1) is 5.69 Å². The highest BCUT2D eigenvalue weighted by Crippen LogP contribution is 2.46. The SMILES string of the molecule is CC(=O)OCC1=C(C(=O)OC(C)(C)C)N2C(=O)C(NC(=O)COc3ccc4c(c3)SCc3c-4[nH]c4ccc(OCC5OC5N(C)C)cc34)C2SC1. The minimum atomic E-state index is -0.846. The molecule has 2 saturated heterocycles. The summed E-state index contributed by atoms with van der Waals surface area (Å²) in [6.45, 7) is 6.53. The van der Waals surface area contributed by atoms with Crippen molar-refractivity contribution in [2.45, 2.75) is 67.7 Å². The lowest BCUT2D eigenvalue weighted by Gasteiger charge is -2.49. The van der Waals surface area contributed by atoms with Gasteiger partial charge in [0.2, 0.25) is 0 Å². The maximum absolute atomic E-state index is 13.3. The molecule has 0 bridgehead atoms. The number of carbonyl (C=O) groups excluding carboxylic acids is 4. The minimum Gasteiger partial charge on any atom is -0.491 e. The molecule has 5 heterocycles. The summed E-state index contributed by atoms with van der Waals surface area (Å²) in [4.78, 5) is 58.8. The Morgan fingerprint density at radius 1 is 1.08 bits per heavy atom. The third kappa shape index (κ3) is 7.30. The van der Waals surface area contributed by atoms with E-state index in [-0.39, 0.29) is 31.2 Å². The Balaban J connectivity index is 0.971. The van der Waals surface area contributed by atoms with Gasteiger partial charge < -0.3 is 34.0 Å². The van der Waals surface area contributed by atoms with Gasteiger partial charge in [0.15, 0.2) is 6.61 Å². The van der Waals surface area contributed by atoms with Crippen LogP contribution in [0, 0.1) is 0 Å². The molecule has 4 atom stereocenters. The molecule has 2 N–H and O–H groups in total. The van der Waals surface area contributed by atoms with E-state index in [1.165, 1.54) is 29.1 Å². The number of rotatable bonds is 11. The second kappa shape index (κ2) is 13.7. The lowest BCUT2D eigenvalue weighted by Crippen LogP contribution is -2.71. The van der Waals surface area contributed by atoms with E-state index in [9.17, 15) is 19.2 Å². The van der Waals surface area contributed by atoms with Crippen molar-refractivity contribution in [3.05, 3.63) is 53.2 Å². The summed E-state index contributed by atoms with van der Waals surface area (Å²) in [6.07, 6.45) is 0.182. The monoisotopic (exact) mass is 736 g/mol. The summed E-state index contributed by atoms with van der Waals surface area (Å²) in [5.41, 5.74) is 4.06. The Morgan fingerprint density at radius 3 is 2.57 bits per heavy atom. The summed E-state index contributed by atoms with van der Waals surface area (Å²) in [5, 5.41) is 3.37. The van der Waals surface area contributed by atoms with Crippen LogP contribution in [0.4, 0.5) is 0 Å². The molecule has 4 aliphatic rings. The molecule has 3 aromatic rings. The maximum Gasteiger partial charge on any atom is 0.355 e. The van der Waals surface area contributed by atoms with Crippen LogP contribution in [0.15, 0.2) is 52.6 Å². The average Bonchev–Trinajstić information content (AvgIpc) is 3.78. The highest BCUT2D eigenvalue weighted by molar-refractivity contribution is 8.00. The molecule has 4 aliphatic heterocycles. The van der Waals surface area contributed by atoms with Crippen molar-refractivity contribution in [1.82, 2.24) is 20.1 Å². The van der Waals surface area contributed by atoms with Gasteiger partial charge in [-0.25, -0.2) is 4.79 Å². The number of nitrogens with zero attached hydrogens (tertiary/aromatic N) is 2. The fourth-order valence-electron chi connectivity index (χ4n) is 6.31. The number of H-pyrrole nitrogens is 1. The number of aromatic amines is 1. The van der Waals surface area contributed by atoms with Crippen LogP contribution in [0.5, 0.6) is 11.5 Å². The van der Waals surface area contributed by atoms with E-state index in [2.05, 4.69) is 16.4 Å². The van der Waals surface area contributed by atoms with E-state index < -0.39 is 40.8 Å². The first kappa shape index (κ1) is 35.2. The van der Waals surface area contributed by atoms with Gasteiger partial charge >= 0.3 is 11.9 Å². The lowest BCUT2D eigenvalue weighted by atomic mass is 10.0. The number of epoxide rings is 1. The van der Waals surface area contributed by atoms with Crippen molar-refractivity contribution in [2.75, 3.05) is 39.7 Å². The summed E-state index contributed by atoms with van der Waals surface area (Å²) in [6, 6.07) is 11.0. The summed E-state index contributed by atoms with van der Waals surface area (Å²) in [7, 11) is 3.98. The molecule has 0 radical (unpaired) electrons. The Morgan fingerprint density at radius 2 is 1.84 bits per heavy atom. The van der Waals surface area contributed by atoms with Crippen LogP contribution in [0.1, 0.15) is 33.3 Å². The van der Waals surface area contributed by atoms with Crippen LogP contribution in [0.3, 0.4) is 0 Å². The number of β-lactam (4-membered cyclic amide) rings is 1. The van der Waals surface area contributed by atoms with Gasteiger partial charge in [0.25, 0.3) is 11.8 Å². The van der Waals surface area contributed by atoms with E-state index in [4.69, 9.17) is 23.7 Å². The van der Waals surface area contributed by atoms with E-state index in [0.29, 0.717) is 23.7 Å². The molecular formula is C36H40N4O9S2. The Bertz CT molecular complexity index is 1950. The minimum absolute atomic E-state index is 0.0575. The Hall–Kier alpha value is -4.18. The van der Waals surface area contributed by atoms with Crippen LogP contribution >= 0.6 is 23.5 Å². The third-order valence-corrected chi connectivity index (χ3v) is 11.1. The molecule has 2 amide bonds. The van der Waals surface area contributed by atoms with E-state index in [1.54, 1.807) is 32.5 Å². The number of fused-ring (bicyclic) bond motifs is 6. The van der Waals surface area contributed by atoms with Crippen LogP contribution in [-0.2, 0) is 39.1 Å². The predicted molar refractivity (Wildman–Crippen MR) is 191 cm³/mol. The first-order valence-corrected chi connectivity index (χ1v) is 18.6. The zero-order valence-electron chi connectivity index (χ0n) is 29.2. The van der Waals surface area contributed by atoms with Crippen molar-refractivity contribution >= 4 is 58.2 Å². The maximum atomic E-state index is 13.3. The molecule has 2 aromatic carbocycles. The first-order valence-electron chi connectivity index (χ1n) is 16.6. The Labute approximate surface area is 303 Å². The highest BCUT2D eigenvalue weighted by atomic mass is 32.2. The number of benzene rings is 2. The van der Waals surface area contributed by atoms with Crippen LogP contribution < -0.4 is 14.8 Å². The van der Waals surface area contributed by atoms with Crippen LogP contribution in [0.2, 0.25) is 0 Å². The molecule has 4 unspecified atom stereocenters. The topological polar surface area (TPSA) is 152 Å². The van der Waals surface area contributed by atoms with Crippen molar-refractivity contribution in [1.29, 1.82) is 0 Å². The molecule has 0 saturated carbocycles. The Kier molecular flexibility index (Phi) is 9.50. The normalized spacial score (nSPS) is 22.1. The molecule has 1 aromatic heterocycles.